The molecule has 0 bridgehead atoms. The number of aliphatic hydroxyl groups is 1. The first-order valence-electron chi connectivity index (χ1n) is 33.4. The second-order valence-electron chi connectivity index (χ2n) is 24.3. The van der Waals surface area contributed by atoms with Gasteiger partial charge in [0.15, 0.2) is 12.2 Å². The minimum atomic E-state index is -4.94. The molecule has 3 unspecified atom stereocenters. The molecule has 0 aromatic heterocycles. The summed E-state index contributed by atoms with van der Waals surface area (Å²) < 4.78 is 68.0. The number of hydrogen-bond acceptors (Lipinski definition) is 15. The van der Waals surface area contributed by atoms with Crippen LogP contribution in [0.4, 0.5) is 0 Å². The molecule has 0 aliphatic carbocycles. The number of phosphoric acid groups is 2. The average Bonchev–Trinajstić information content (AvgIpc) is 3.44. The number of phosphoric ester groups is 2. The summed E-state index contributed by atoms with van der Waals surface area (Å²) in [6, 6.07) is 0. The van der Waals surface area contributed by atoms with Crippen molar-refractivity contribution in [1.29, 1.82) is 0 Å². The van der Waals surface area contributed by atoms with E-state index in [9.17, 15) is 43.2 Å². The molecule has 0 saturated heterocycles. The van der Waals surface area contributed by atoms with Crippen molar-refractivity contribution >= 4 is 39.5 Å². The average molecular weight is 1230 g/mol. The monoisotopic (exact) mass is 1230 g/mol. The molecule has 0 amide bonds. The third kappa shape index (κ3) is 57.6. The van der Waals surface area contributed by atoms with E-state index < -0.39 is 97.5 Å². The number of rotatable bonds is 62. The van der Waals surface area contributed by atoms with Crippen molar-refractivity contribution < 1.29 is 80.2 Å². The first-order chi connectivity index (χ1) is 39.8. The van der Waals surface area contributed by atoms with E-state index in [1.165, 1.54) is 116 Å². The summed E-state index contributed by atoms with van der Waals surface area (Å²) in [6.45, 7) is 11.6. The van der Waals surface area contributed by atoms with Crippen LogP contribution in [-0.4, -0.2) is 96.7 Å². The highest BCUT2D eigenvalue weighted by Gasteiger charge is 2.30. The van der Waals surface area contributed by atoms with Gasteiger partial charge in [0, 0.05) is 25.7 Å². The Hall–Kier alpha value is -1.94. The standard InChI is InChI=1S/C64H124O17P2/c1-8-10-11-12-13-14-15-19-22-31-38-45-61(66)74-51-59(80-63(68)47-40-33-23-20-17-16-18-21-28-35-42-55(3)4)53-78-82(70,71)76-49-58(65)50-77-83(72,73)79-54-60(52-75-62(67)46-39-32-26-24-29-36-43-56(5)6)81-64(69)48-41-34-27-25-30-37-44-57(7)9-2/h55-60,65H,8-54H2,1-7H3,(H,70,71)(H,72,73)/t57?,58-,59-,60-/m1/s1. The molecule has 0 heterocycles. The number of ether oxygens (including phenoxy) is 4. The Labute approximate surface area is 505 Å². The van der Waals surface area contributed by atoms with Gasteiger partial charge < -0.3 is 33.8 Å². The normalized spacial score (nSPS) is 14.7. The highest BCUT2D eigenvalue weighted by atomic mass is 31.2. The molecule has 0 aromatic rings. The summed E-state index contributed by atoms with van der Waals surface area (Å²) in [6.07, 6.45) is 36.3. The summed E-state index contributed by atoms with van der Waals surface area (Å²) in [5, 5.41) is 10.5. The van der Waals surface area contributed by atoms with Crippen molar-refractivity contribution in [3.8, 4) is 0 Å². The molecule has 0 aliphatic rings. The Bertz CT molecular complexity index is 1650. The molecule has 492 valence electrons. The van der Waals surface area contributed by atoms with Crippen LogP contribution in [0.25, 0.3) is 0 Å². The van der Waals surface area contributed by atoms with Crippen LogP contribution in [0.1, 0.15) is 312 Å². The number of unbranched alkanes of at least 4 members (excludes halogenated alkanes) is 29. The predicted molar refractivity (Wildman–Crippen MR) is 331 cm³/mol. The molecule has 19 heteroatoms. The Kier molecular flexibility index (Phi) is 54.1. The van der Waals surface area contributed by atoms with Crippen LogP contribution in [0, 0.1) is 17.8 Å². The molecule has 6 atom stereocenters. The summed E-state index contributed by atoms with van der Waals surface area (Å²) in [7, 11) is -9.89. The van der Waals surface area contributed by atoms with Crippen LogP contribution < -0.4 is 0 Å². The van der Waals surface area contributed by atoms with Gasteiger partial charge in [-0.15, -0.1) is 0 Å². The lowest BCUT2D eigenvalue weighted by Crippen LogP contribution is -2.30. The quantitative estimate of drug-likeness (QED) is 0.0222. The summed E-state index contributed by atoms with van der Waals surface area (Å²) in [4.78, 5) is 72.2. The number of aliphatic hydroxyl groups excluding tert-OH is 1. The Morgan fingerprint density at radius 3 is 0.916 bits per heavy atom. The molecule has 0 aromatic carbocycles. The van der Waals surface area contributed by atoms with Crippen LogP contribution >= 0.6 is 15.6 Å². The van der Waals surface area contributed by atoms with E-state index in [1.807, 2.05) is 0 Å². The number of hydrogen-bond donors (Lipinski definition) is 3. The third-order valence-corrected chi connectivity index (χ3v) is 16.9. The Balaban J connectivity index is 5.25. The van der Waals surface area contributed by atoms with Crippen LogP contribution in [0.3, 0.4) is 0 Å². The molecule has 17 nitrogen and oxygen atoms in total. The van der Waals surface area contributed by atoms with Gasteiger partial charge in [-0.05, 0) is 43.4 Å². The fourth-order valence-electron chi connectivity index (χ4n) is 9.45. The lowest BCUT2D eigenvalue weighted by molar-refractivity contribution is -0.161. The van der Waals surface area contributed by atoms with Crippen molar-refractivity contribution in [1.82, 2.24) is 0 Å². The molecule has 83 heavy (non-hydrogen) atoms. The summed E-state index contributed by atoms with van der Waals surface area (Å²) in [5.41, 5.74) is 0. The van der Waals surface area contributed by atoms with E-state index >= 15 is 0 Å². The summed E-state index contributed by atoms with van der Waals surface area (Å²) in [5.74, 6) is 0.0124. The fourth-order valence-corrected chi connectivity index (χ4v) is 11.0. The van der Waals surface area contributed by atoms with E-state index in [0.29, 0.717) is 31.6 Å². The molecule has 0 radical (unpaired) electrons. The van der Waals surface area contributed by atoms with Crippen LogP contribution in [0.15, 0.2) is 0 Å². The molecule has 3 N–H and O–H groups in total. The first kappa shape index (κ1) is 81.1. The van der Waals surface area contributed by atoms with Gasteiger partial charge in [0.25, 0.3) is 0 Å². The minimum absolute atomic E-state index is 0.102. The van der Waals surface area contributed by atoms with Crippen molar-refractivity contribution in [2.24, 2.45) is 17.8 Å². The fraction of sp³-hybridized carbons (Fsp3) is 0.938. The van der Waals surface area contributed by atoms with Crippen molar-refractivity contribution in [2.45, 2.75) is 330 Å². The van der Waals surface area contributed by atoms with Crippen LogP contribution in [0.2, 0.25) is 0 Å². The molecular weight excluding hydrogens is 1100 g/mol. The third-order valence-electron chi connectivity index (χ3n) is 15.0. The maximum atomic E-state index is 13.0. The maximum absolute atomic E-state index is 13.0. The Morgan fingerprint density at radius 1 is 0.349 bits per heavy atom. The van der Waals surface area contributed by atoms with Crippen molar-refractivity contribution in [2.75, 3.05) is 39.6 Å². The highest BCUT2D eigenvalue weighted by Crippen LogP contribution is 2.45. The van der Waals surface area contributed by atoms with Gasteiger partial charge in [0.05, 0.1) is 26.4 Å². The van der Waals surface area contributed by atoms with Gasteiger partial charge in [-0.1, -0.05) is 260 Å². The van der Waals surface area contributed by atoms with E-state index in [4.69, 9.17) is 37.0 Å². The van der Waals surface area contributed by atoms with Gasteiger partial charge in [-0.25, -0.2) is 9.13 Å². The zero-order valence-electron chi connectivity index (χ0n) is 53.6. The maximum Gasteiger partial charge on any atom is 0.472 e. The SMILES string of the molecule is CCCCCCCCCCCCCC(=O)OC[C@H](COP(=O)(O)OC[C@@H](O)COP(=O)(O)OC[C@@H](COC(=O)CCCCCCCCC(C)C)OC(=O)CCCCCCCCC(C)CC)OC(=O)CCCCCCCCCCCCC(C)C. The van der Waals surface area contributed by atoms with E-state index in [2.05, 4.69) is 48.5 Å². The highest BCUT2D eigenvalue weighted by molar-refractivity contribution is 7.47. The zero-order chi connectivity index (χ0) is 61.7. The molecular formula is C64H124O17P2. The second kappa shape index (κ2) is 55.4. The largest absolute Gasteiger partial charge is 0.472 e. The molecule has 0 fully saturated rings. The molecule has 0 saturated carbocycles. The van der Waals surface area contributed by atoms with Gasteiger partial charge in [0.1, 0.15) is 19.3 Å². The van der Waals surface area contributed by atoms with E-state index in [0.717, 1.165) is 108 Å². The second-order valence-corrected chi connectivity index (χ2v) is 27.3. The summed E-state index contributed by atoms with van der Waals surface area (Å²) >= 11 is 0. The minimum Gasteiger partial charge on any atom is -0.462 e. The number of carbonyl (C=O) groups excluding carboxylic acids is 4. The smallest absolute Gasteiger partial charge is 0.462 e. The molecule has 0 rings (SSSR count). The Morgan fingerprint density at radius 2 is 0.614 bits per heavy atom. The number of carbonyl (C=O) groups is 4. The lowest BCUT2D eigenvalue weighted by Gasteiger charge is -2.21. The van der Waals surface area contributed by atoms with Gasteiger partial charge in [-0.3, -0.25) is 37.3 Å². The molecule has 0 aliphatic heterocycles. The first-order valence-corrected chi connectivity index (χ1v) is 36.4. The lowest BCUT2D eigenvalue weighted by atomic mass is 10.00. The van der Waals surface area contributed by atoms with Crippen molar-refractivity contribution in [3.63, 3.8) is 0 Å². The van der Waals surface area contributed by atoms with Gasteiger partial charge >= 0.3 is 39.5 Å². The van der Waals surface area contributed by atoms with E-state index in [-0.39, 0.29) is 25.7 Å². The van der Waals surface area contributed by atoms with Crippen LogP contribution in [-0.2, 0) is 65.4 Å². The van der Waals surface area contributed by atoms with Gasteiger partial charge in [-0.2, -0.15) is 0 Å². The predicted octanol–water partition coefficient (Wildman–Crippen LogP) is 17.5. The molecule has 0 spiro atoms. The number of esters is 4. The van der Waals surface area contributed by atoms with Crippen molar-refractivity contribution in [3.05, 3.63) is 0 Å². The zero-order valence-corrected chi connectivity index (χ0v) is 55.4. The van der Waals surface area contributed by atoms with E-state index in [1.54, 1.807) is 0 Å². The van der Waals surface area contributed by atoms with Gasteiger partial charge in [0.2, 0.25) is 0 Å². The van der Waals surface area contributed by atoms with Crippen LogP contribution in [0.5, 0.6) is 0 Å². The topological polar surface area (TPSA) is 237 Å².